The van der Waals surface area contributed by atoms with Gasteiger partial charge in [-0.3, -0.25) is 9.59 Å². The smallest absolute Gasteiger partial charge is 0.384 e. The molecule has 0 fully saturated rings. The first kappa shape index (κ1) is 10.8. The number of hydrogen-bond donors (Lipinski definition) is 1. The van der Waals surface area contributed by atoms with Gasteiger partial charge in [0.25, 0.3) is 5.78 Å². The molecule has 0 aromatic rings. The zero-order valence-electron chi connectivity index (χ0n) is 6.65. The van der Waals surface area contributed by atoms with Crippen LogP contribution >= 0.6 is 0 Å². The Hall–Kier alpha value is -1.23. The van der Waals surface area contributed by atoms with Gasteiger partial charge in [-0.05, 0) is 6.42 Å². The maximum Gasteiger partial charge on any atom is 0.384 e. The Morgan fingerprint density at radius 1 is 1.58 bits per heavy atom. The van der Waals surface area contributed by atoms with Crippen LogP contribution < -0.4 is 0 Å². The van der Waals surface area contributed by atoms with E-state index in [1.807, 2.05) is 0 Å². The molecular formula is C7H10O5. The average Bonchev–Trinajstić information content (AvgIpc) is 2.04. The predicted molar refractivity (Wildman–Crippen MR) is 38.1 cm³/mol. The van der Waals surface area contributed by atoms with E-state index in [1.54, 1.807) is 6.92 Å². The third-order valence-electron chi connectivity index (χ3n) is 1.22. The Bertz CT molecular complexity index is 186. The lowest BCUT2D eigenvalue weighted by Gasteiger charge is -2.03. The Balaban J connectivity index is 3.99. The number of hydrogen-bond acceptors (Lipinski definition) is 5. The maximum absolute atomic E-state index is 10.7. The van der Waals surface area contributed by atoms with Gasteiger partial charge in [0.2, 0.25) is 0 Å². The number of ketones is 1. The molecule has 1 unspecified atom stereocenters. The zero-order chi connectivity index (χ0) is 9.56. The minimum atomic E-state index is -1.36. The Kier molecular flexibility index (Phi) is 4.87. The summed E-state index contributed by atoms with van der Waals surface area (Å²) in [7, 11) is 0. The number of esters is 1. The largest absolute Gasteiger partial charge is 0.390 e. The molecule has 0 saturated carbocycles. The summed E-state index contributed by atoms with van der Waals surface area (Å²) in [6.07, 6.45) is -0.601. The number of ether oxygens (including phenoxy) is 1. The molecule has 0 bridgehead atoms. The van der Waals surface area contributed by atoms with Crippen molar-refractivity contribution in [2.75, 3.05) is 0 Å². The highest BCUT2D eigenvalue weighted by Gasteiger charge is 2.23. The van der Waals surface area contributed by atoms with Crippen LogP contribution in [-0.4, -0.2) is 29.4 Å². The summed E-state index contributed by atoms with van der Waals surface area (Å²) >= 11 is 0. The van der Waals surface area contributed by atoms with E-state index in [4.69, 9.17) is 5.11 Å². The highest BCUT2D eigenvalue weighted by atomic mass is 16.6. The average molecular weight is 174 g/mol. The van der Waals surface area contributed by atoms with Gasteiger partial charge < -0.3 is 9.84 Å². The molecule has 5 heteroatoms. The fourth-order valence-electron chi connectivity index (χ4n) is 0.642. The summed E-state index contributed by atoms with van der Waals surface area (Å²) in [5.41, 5.74) is 0. The van der Waals surface area contributed by atoms with Gasteiger partial charge in [-0.15, -0.1) is 0 Å². The third kappa shape index (κ3) is 3.25. The maximum atomic E-state index is 10.7. The molecule has 12 heavy (non-hydrogen) atoms. The summed E-state index contributed by atoms with van der Waals surface area (Å²) in [5, 5.41) is 8.95. The Morgan fingerprint density at radius 2 is 2.17 bits per heavy atom. The second-order valence-electron chi connectivity index (χ2n) is 2.17. The number of aliphatic hydroxyl groups excluding tert-OH is 1. The third-order valence-corrected chi connectivity index (χ3v) is 1.22. The zero-order valence-corrected chi connectivity index (χ0v) is 6.65. The second kappa shape index (κ2) is 5.42. The first-order valence-electron chi connectivity index (χ1n) is 3.50. The summed E-state index contributed by atoms with van der Waals surface area (Å²) < 4.78 is 3.74. The second-order valence-corrected chi connectivity index (χ2v) is 2.17. The lowest BCUT2D eigenvalue weighted by molar-refractivity contribution is -0.161. The van der Waals surface area contributed by atoms with Crippen molar-refractivity contribution in [1.29, 1.82) is 0 Å². The molecule has 68 valence electrons. The van der Waals surface area contributed by atoms with Gasteiger partial charge in [0.1, 0.15) is 6.10 Å². The lowest BCUT2D eigenvalue weighted by atomic mass is 10.1. The van der Waals surface area contributed by atoms with E-state index in [2.05, 4.69) is 4.74 Å². The molecule has 0 aliphatic rings. The van der Waals surface area contributed by atoms with Crippen LogP contribution in [0.5, 0.6) is 0 Å². The van der Waals surface area contributed by atoms with Crippen molar-refractivity contribution >= 4 is 18.2 Å². The standard InChI is InChI=1S/C7H10O5/c1-2-3-5(9)6(10)7(11)12-4-8/h4-5,9H,2-3H2,1H3. The van der Waals surface area contributed by atoms with Gasteiger partial charge in [0, 0.05) is 0 Å². The number of Topliss-reactive ketones (excluding diaryl/α,β-unsaturated/α-hetero) is 1. The lowest BCUT2D eigenvalue weighted by Crippen LogP contribution is -2.29. The Labute approximate surface area is 69.3 Å². The van der Waals surface area contributed by atoms with Crippen molar-refractivity contribution in [3.8, 4) is 0 Å². The summed E-state index contributed by atoms with van der Waals surface area (Å²) in [6, 6.07) is 0. The van der Waals surface area contributed by atoms with E-state index in [0.717, 1.165) is 0 Å². The molecule has 0 rings (SSSR count). The molecule has 0 saturated heterocycles. The van der Waals surface area contributed by atoms with E-state index in [1.165, 1.54) is 0 Å². The van der Waals surface area contributed by atoms with Gasteiger partial charge in [-0.25, -0.2) is 4.79 Å². The van der Waals surface area contributed by atoms with Gasteiger partial charge in [-0.2, -0.15) is 0 Å². The van der Waals surface area contributed by atoms with E-state index in [-0.39, 0.29) is 12.9 Å². The topological polar surface area (TPSA) is 80.7 Å². The summed E-state index contributed by atoms with van der Waals surface area (Å²) in [4.78, 5) is 30.9. The van der Waals surface area contributed by atoms with Crippen molar-refractivity contribution in [2.45, 2.75) is 25.9 Å². The molecule has 5 nitrogen and oxygen atoms in total. The van der Waals surface area contributed by atoms with Gasteiger partial charge in [0.05, 0.1) is 0 Å². The van der Waals surface area contributed by atoms with E-state index in [0.29, 0.717) is 6.42 Å². The van der Waals surface area contributed by atoms with Crippen LogP contribution in [0.3, 0.4) is 0 Å². The fraction of sp³-hybridized carbons (Fsp3) is 0.571. The SMILES string of the molecule is CCCC(O)C(=O)C(=O)OC=O. The molecule has 0 amide bonds. The summed E-state index contributed by atoms with van der Waals surface area (Å²) in [5.74, 6) is -2.39. The van der Waals surface area contributed by atoms with Gasteiger partial charge in [-0.1, -0.05) is 13.3 Å². The molecule has 1 N–H and O–H groups in total. The Morgan fingerprint density at radius 3 is 2.58 bits per heavy atom. The molecule has 0 spiro atoms. The van der Waals surface area contributed by atoms with Crippen LogP contribution in [0, 0.1) is 0 Å². The highest BCUT2D eigenvalue weighted by molar-refractivity contribution is 6.36. The monoisotopic (exact) mass is 174 g/mol. The first-order chi connectivity index (χ1) is 5.63. The van der Waals surface area contributed by atoms with Gasteiger partial charge >= 0.3 is 12.4 Å². The minimum Gasteiger partial charge on any atom is -0.390 e. The molecule has 0 heterocycles. The molecule has 0 aromatic carbocycles. The number of carbonyl (C=O) groups excluding carboxylic acids is 3. The molecule has 0 radical (unpaired) electrons. The van der Waals surface area contributed by atoms with E-state index >= 15 is 0 Å². The van der Waals surface area contributed by atoms with E-state index < -0.39 is 17.9 Å². The molecule has 1 atom stereocenters. The minimum absolute atomic E-state index is 0.140. The summed E-state index contributed by atoms with van der Waals surface area (Å²) in [6.45, 7) is 1.61. The molecule has 0 aliphatic heterocycles. The number of carbonyl (C=O) groups is 3. The van der Waals surface area contributed by atoms with Crippen molar-refractivity contribution in [3.63, 3.8) is 0 Å². The molecular weight excluding hydrogens is 164 g/mol. The van der Waals surface area contributed by atoms with Crippen LogP contribution in [0.15, 0.2) is 0 Å². The first-order valence-corrected chi connectivity index (χ1v) is 3.50. The van der Waals surface area contributed by atoms with Crippen molar-refractivity contribution in [2.24, 2.45) is 0 Å². The van der Waals surface area contributed by atoms with Crippen molar-refractivity contribution < 1.29 is 24.2 Å². The van der Waals surface area contributed by atoms with Gasteiger partial charge in [0.15, 0.2) is 0 Å². The predicted octanol–water partition coefficient (Wildman–Crippen LogP) is -0.584. The number of aliphatic hydroxyl groups is 1. The molecule has 0 aliphatic carbocycles. The van der Waals surface area contributed by atoms with Crippen LogP contribution in [0.25, 0.3) is 0 Å². The van der Waals surface area contributed by atoms with Crippen LogP contribution in [0.2, 0.25) is 0 Å². The highest BCUT2D eigenvalue weighted by Crippen LogP contribution is 1.98. The molecule has 0 aromatic heterocycles. The van der Waals surface area contributed by atoms with Crippen LogP contribution in [-0.2, 0) is 19.1 Å². The van der Waals surface area contributed by atoms with Crippen LogP contribution in [0.1, 0.15) is 19.8 Å². The fourth-order valence-corrected chi connectivity index (χ4v) is 0.642. The van der Waals surface area contributed by atoms with Crippen molar-refractivity contribution in [3.05, 3.63) is 0 Å². The van der Waals surface area contributed by atoms with E-state index in [9.17, 15) is 14.4 Å². The quantitative estimate of drug-likeness (QED) is 0.261. The number of rotatable bonds is 5. The van der Waals surface area contributed by atoms with Crippen molar-refractivity contribution in [1.82, 2.24) is 0 Å². The normalized spacial score (nSPS) is 11.8. The van der Waals surface area contributed by atoms with Crippen LogP contribution in [0.4, 0.5) is 0 Å².